The van der Waals surface area contributed by atoms with E-state index >= 15 is 0 Å². The van der Waals surface area contributed by atoms with Gasteiger partial charge in [-0.2, -0.15) is 0 Å². The van der Waals surface area contributed by atoms with Gasteiger partial charge < -0.3 is 29.7 Å². The molecule has 0 atom stereocenters. The number of urea groups is 1. The number of nitrogens with one attached hydrogen (secondary N) is 1. The van der Waals surface area contributed by atoms with Crippen molar-refractivity contribution >= 4 is 17.4 Å². The van der Waals surface area contributed by atoms with E-state index in [9.17, 15) is 9.90 Å². The zero-order valence-corrected chi connectivity index (χ0v) is 13.6. The van der Waals surface area contributed by atoms with Crippen LogP contribution in [0, 0.1) is 0 Å². The Morgan fingerprint density at radius 2 is 1.68 bits per heavy atom. The minimum atomic E-state index is -0.121. The molecule has 7 heteroatoms. The van der Waals surface area contributed by atoms with Crippen molar-refractivity contribution in [2.24, 2.45) is 0 Å². The van der Waals surface area contributed by atoms with Gasteiger partial charge in [0.2, 0.25) is 6.79 Å². The molecule has 2 aliphatic rings. The SMILES string of the molecule is O=C(Nc1ccc2c(c1)OCO2)N1CCN(c2ccc(O)cc2)CC1. The van der Waals surface area contributed by atoms with E-state index in [-0.39, 0.29) is 18.6 Å². The molecule has 2 heterocycles. The third-order valence-corrected chi connectivity index (χ3v) is 4.41. The number of piperazine rings is 1. The number of benzene rings is 2. The van der Waals surface area contributed by atoms with Gasteiger partial charge in [0.1, 0.15) is 5.75 Å². The summed E-state index contributed by atoms with van der Waals surface area (Å²) in [5.74, 6) is 1.60. The van der Waals surface area contributed by atoms with Gasteiger partial charge in [0.15, 0.2) is 11.5 Å². The largest absolute Gasteiger partial charge is 0.508 e. The monoisotopic (exact) mass is 341 g/mol. The van der Waals surface area contributed by atoms with Crippen molar-refractivity contribution in [3.63, 3.8) is 0 Å². The molecule has 0 aromatic heterocycles. The number of hydrogen-bond donors (Lipinski definition) is 2. The fourth-order valence-electron chi connectivity index (χ4n) is 3.01. The fraction of sp³-hybridized carbons (Fsp3) is 0.278. The summed E-state index contributed by atoms with van der Waals surface area (Å²) in [7, 11) is 0. The lowest BCUT2D eigenvalue weighted by molar-refractivity contribution is 0.174. The second kappa shape index (κ2) is 6.43. The number of ether oxygens (including phenoxy) is 2. The summed E-state index contributed by atoms with van der Waals surface area (Å²) in [4.78, 5) is 16.4. The standard InChI is InChI=1S/C18H19N3O4/c22-15-4-2-14(3-5-15)20-7-9-21(10-8-20)18(23)19-13-1-6-16-17(11-13)25-12-24-16/h1-6,11,22H,7-10,12H2,(H,19,23). The summed E-state index contributed by atoms with van der Waals surface area (Å²) >= 11 is 0. The van der Waals surface area contributed by atoms with Crippen molar-refractivity contribution < 1.29 is 19.4 Å². The number of amides is 2. The van der Waals surface area contributed by atoms with Crippen LogP contribution in [0.25, 0.3) is 0 Å². The van der Waals surface area contributed by atoms with Gasteiger partial charge >= 0.3 is 6.03 Å². The second-order valence-electron chi connectivity index (χ2n) is 5.99. The Kier molecular flexibility index (Phi) is 3.97. The summed E-state index contributed by atoms with van der Waals surface area (Å²) < 4.78 is 10.6. The van der Waals surface area contributed by atoms with Crippen molar-refractivity contribution in [2.75, 3.05) is 43.2 Å². The van der Waals surface area contributed by atoms with Crippen molar-refractivity contribution in [3.05, 3.63) is 42.5 Å². The number of hydrogen-bond acceptors (Lipinski definition) is 5. The molecular formula is C18H19N3O4. The number of phenols is 1. The van der Waals surface area contributed by atoms with Crippen LogP contribution in [0.2, 0.25) is 0 Å². The number of anilines is 2. The van der Waals surface area contributed by atoms with E-state index in [0.29, 0.717) is 30.3 Å². The van der Waals surface area contributed by atoms with E-state index in [2.05, 4.69) is 10.2 Å². The molecule has 1 saturated heterocycles. The Hall–Kier alpha value is -3.09. The van der Waals surface area contributed by atoms with Gasteiger partial charge in [0.05, 0.1) is 0 Å². The van der Waals surface area contributed by atoms with Crippen LogP contribution >= 0.6 is 0 Å². The van der Waals surface area contributed by atoms with Crippen LogP contribution in [0.3, 0.4) is 0 Å². The maximum absolute atomic E-state index is 12.4. The molecule has 0 aliphatic carbocycles. The lowest BCUT2D eigenvalue weighted by Gasteiger charge is -2.36. The Labute approximate surface area is 145 Å². The van der Waals surface area contributed by atoms with E-state index in [0.717, 1.165) is 18.8 Å². The first-order valence-electron chi connectivity index (χ1n) is 8.18. The number of fused-ring (bicyclic) bond motifs is 1. The van der Waals surface area contributed by atoms with Crippen LogP contribution < -0.4 is 19.7 Å². The number of carbonyl (C=O) groups is 1. The highest BCUT2D eigenvalue weighted by atomic mass is 16.7. The quantitative estimate of drug-likeness (QED) is 0.878. The number of aromatic hydroxyl groups is 1. The first kappa shape index (κ1) is 15.4. The Balaban J connectivity index is 1.34. The van der Waals surface area contributed by atoms with Crippen LogP contribution in [-0.4, -0.2) is 49.0 Å². The van der Waals surface area contributed by atoms with Crippen molar-refractivity contribution in [3.8, 4) is 17.2 Å². The third-order valence-electron chi connectivity index (χ3n) is 4.41. The predicted molar refractivity (Wildman–Crippen MR) is 93.5 cm³/mol. The first-order chi connectivity index (χ1) is 12.2. The average Bonchev–Trinajstić information content (AvgIpc) is 3.10. The molecule has 2 amide bonds. The first-order valence-corrected chi connectivity index (χ1v) is 8.18. The minimum Gasteiger partial charge on any atom is -0.508 e. The van der Waals surface area contributed by atoms with Crippen LogP contribution in [0.5, 0.6) is 17.2 Å². The Bertz CT molecular complexity index is 770. The summed E-state index contributed by atoms with van der Waals surface area (Å²) in [5, 5.41) is 12.3. The molecule has 2 N–H and O–H groups in total. The number of carbonyl (C=O) groups excluding carboxylic acids is 1. The molecule has 0 saturated carbocycles. The number of nitrogens with zero attached hydrogens (tertiary/aromatic N) is 2. The molecule has 1 fully saturated rings. The van der Waals surface area contributed by atoms with E-state index < -0.39 is 0 Å². The van der Waals surface area contributed by atoms with E-state index in [1.165, 1.54) is 0 Å². The Morgan fingerprint density at radius 1 is 0.960 bits per heavy atom. The molecule has 7 nitrogen and oxygen atoms in total. The maximum atomic E-state index is 12.4. The van der Waals surface area contributed by atoms with E-state index in [1.54, 1.807) is 35.2 Å². The van der Waals surface area contributed by atoms with Gasteiger partial charge in [0.25, 0.3) is 0 Å². The van der Waals surface area contributed by atoms with Gasteiger partial charge in [-0.15, -0.1) is 0 Å². The predicted octanol–water partition coefficient (Wildman–Crippen LogP) is 2.48. The highest BCUT2D eigenvalue weighted by Gasteiger charge is 2.22. The van der Waals surface area contributed by atoms with Crippen molar-refractivity contribution in [1.82, 2.24) is 4.90 Å². The molecule has 2 aromatic rings. The second-order valence-corrected chi connectivity index (χ2v) is 5.99. The molecular weight excluding hydrogens is 322 g/mol. The van der Waals surface area contributed by atoms with E-state index in [4.69, 9.17) is 9.47 Å². The molecule has 4 rings (SSSR count). The number of phenolic OH excluding ortho intramolecular Hbond substituents is 1. The minimum absolute atomic E-state index is 0.121. The maximum Gasteiger partial charge on any atom is 0.321 e. The Morgan fingerprint density at radius 3 is 2.44 bits per heavy atom. The van der Waals surface area contributed by atoms with Crippen LogP contribution in [0.1, 0.15) is 0 Å². The molecule has 0 spiro atoms. The normalized spacial score (nSPS) is 16.0. The van der Waals surface area contributed by atoms with Crippen LogP contribution in [0.15, 0.2) is 42.5 Å². The molecule has 2 aliphatic heterocycles. The van der Waals surface area contributed by atoms with Gasteiger partial charge in [-0.3, -0.25) is 0 Å². The zero-order valence-electron chi connectivity index (χ0n) is 13.6. The van der Waals surface area contributed by atoms with Gasteiger partial charge in [-0.05, 0) is 36.4 Å². The highest BCUT2D eigenvalue weighted by Crippen LogP contribution is 2.34. The lowest BCUT2D eigenvalue weighted by Crippen LogP contribution is -2.50. The van der Waals surface area contributed by atoms with E-state index in [1.807, 2.05) is 12.1 Å². The molecule has 0 bridgehead atoms. The van der Waals surface area contributed by atoms with Crippen molar-refractivity contribution in [2.45, 2.75) is 0 Å². The molecule has 0 unspecified atom stereocenters. The third kappa shape index (κ3) is 3.26. The molecule has 130 valence electrons. The smallest absolute Gasteiger partial charge is 0.321 e. The zero-order chi connectivity index (χ0) is 17.2. The van der Waals surface area contributed by atoms with Gasteiger partial charge in [0, 0.05) is 43.6 Å². The van der Waals surface area contributed by atoms with Gasteiger partial charge in [-0.1, -0.05) is 0 Å². The molecule has 0 radical (unpaired) electrons. The highest BCUT2D eigenvalue weighted by molar-refractivity contribution is 5.90. The van der Waals surface area contributed by atoms with Gasteiger partial charge in [-0.25, -0.2) is 4.79 Å². The molecule has 25 heavy (non-hydrogen) atoms. The summed E-state index contributed by atoms with van der Waals surface area (Å²) in [5.41, 5.74) is 1.74. The van der Waals surface area contributed by atoms with Crippen LogP contribution in [0.4, 0.5) is 16.2 Å². The lowest BCUT2D eigenvalue weighted by atomic mass is 10.2. The average molecular weight is 341 g/mol. The van der Waals surface area contributed by atoms with Crippen LogP contribution in [-0.2, 0) is 0 Å². The summed E-state index contributed by atoms with van der Waals surface area (Å²) in [6.45, 7) is 2.99. The topological polar surface area (TPSA) is 74.3 Å². The molecule has 2 aromatic carbocycles. The number of rotatable bonds is 2. The fourth-order valence-corrected chi connectivity index (χ4v) is 3.01. The summed E-state index contributed by atoms with van der Waals surface area (Å²) in [6.07, 6.45) is 0. The van der Waals surface area contributed by atoms with Crippen molar-refractivity contribution in [1.29, 1.82) is 0 Å². The summed E-state index contributed by atoms with van der Waals surface area (Å²) in [6, 6.07) is 12.4.